The Morgan fingerprint density at radius 1 is 1.14 bits per heavy atom. The van der Waals surface area contributed by atoms with Gasteiger partial charge in [0.2, 0.25) is 5.91 Å². The van der Waals surface area contributed by atoms with Gasteiger partial charge in [-0.3, -0.25) is 9.69 Å². The van der Waals surface area contributed by atoms with Crippen LogP contribution in [-0.4, -0.2) is 50.1 Å². The van der Waals surface area contributed by atoms with E-state index in [1.54, 1.807) is 0 Å². The highest BCUT2D eigenvalue weighted by Gasteiger charge is 2.16. The first-order valence-electron chi connectivity index (χ1n) is 7.94. The van der Waals surface area contributed by atoms with Crippen molar-refractivity contribution in [3.63, 3.8) is 0 Å². The van der Waals surface area contributed by atoms with Gasteiger partial charge in [0, 0.05) is 51.4 Å². The van der Waals surface area contributed by atoms with Crippen molar-refractivity contribution in [1.82, 2.24) is 10.2 Å². The van der Waals surface area contributed by atoms with Gasteiger partial charge in [-0.25, -0.2) is 0 Å². The number of rotatable bonds is 6. The Hall–Kier alpha value is -1.55. The number of benzene rings is 1. The molecule has 0 aliphatic carbocycles. The third-order valence-corrected chi connectivity index (χ3v) is 3.84. The monoisotopic (exact) mass is 289 g/mol. The lowest BCUT2D eigenvalue weighted by Gasteiger charge is -2.36. The highest BCUT2D eigenvalue weighted by Crippen LogP contribution is 2.15. The quantitative estimate of drug-likeness (QED) is 0.870. The van der Waals surface area contributed by atoms with Gasteiger partial charge in [0.25, 0.3) is 0 Å². The number of hydrogen-bond donors (Lipinski definition) is 1. The van der Waals surface area contributed by atoms with Crippen LogP contribution in [0.15, 0.2) is 30.3 Å². The summed E-state index contributed by atoms with van der Waals surface area (Å²) in [6.45, 7) is 10.1. The van der Waals surface area contributed by atoms with Gasteiger partial charge in [-0.1, -0.05) is 32.0 Å². The number of para-hydroxylation sites is 1. The molecule has 116 valence electrons. The van der Waals surface area contributed by atoms with E-state index < -0.39 is 0 Å². The van der Waals surface area contributed by atoms with E-state index in [0.29, 0.717) is 12.3 Å². The smallest absolute Gasteiger partial charge is 0.220 e. The standard InChI is InChI=1S/C17H27N3O/c1-15(2)14-17(21)18-8-9-19-10-12-20(13-11-19)16-6-4-3-5-7-16/h3-7,15H,8-14H2,1-2H3,(H,18,21). The maximum Gasteiger partial charge on any atom is 0.220 e. The Morgan fingerprint density at radius 2 is 1.81 bits per heavy atom. The van der Waals surface area contributed by atoms with Crippen LogP contribution in [0.5, 0.6) is 0 Å². The van der Waals surface area contributed by atoms with E-state index in [0.717, 1.165) is 39.3 Å². The van der Waals surface area contributed by atoms with E-state index in [2.05, 4.69) is 59.3 Å². The van der Waals surface area contributed by atoms with Gasteiger partial charge in [-0.2, -0.15) is 0 Å². The van der Waals surface area contributed by atoms with Crippen molar-refractivity contribution < 1.29 is 4.79 Å². The molecule has 0 atom stereocenters. The van der Waals surface area contributed by atoms with Crippen LogP contribution in [0.2, 0.25) is 0 Å². The van der Waals surface area contributed by atoms with E-state index in [1.807, 2.05) is 0 Å². The maximum absolute atomic E-state index is 11.6. The Balaban J connectivity index is 1.64. The molecule has 1 aliphatic heterocycles. The Labute approximate surface area is 128 Å². The molecule has 1 saturated heterocycles. The molecule has 1 fully saturated rings. The van der Waals surface area contributed by atoms with Gasteiger partial charge in [-0.05, 0) is 18.1 Å². The molecular weight excluding hydrogens is 262 g/mol. The van der Waals surface area contributed by atoms with Crippen molar-refractivity contribution in [3.8, 4) is 0 Å². The van der Waals surface area contributed by atoms with Crippen molar-refractivity contribution in [3.05, 3.63) is 30.3 Å². The summed E-state index contributed by atoms with van der Waals surface area (Å²) in [5.41, 5.74) is 1.31. The molecule has 21 heavy (non-hydrogen) atoms. The van der Waals surface area contributed by atoms with E-state index in [-0.39, 0.29) is 5.91 Å². The fourth-order valence-corrected chi connectivity index (χ4v) is 2.66. The first-order valence-corrected chi connectivity index (χ1v) is 7.94. The summed E-state index contributed by atoms with van der Waals surface area (Å²) in [6.07, 6.45) is 0.627. The summed E-state index contributed by atoms with van der Waals surface area (Å²) in [5.74, 6) is 0.604. The minimum atomic E-state index is 0.174. The van der Waals surface area contributed by atoms with E-state index in [1.165, 1.54) is 5.69 Å². The molecule has 0 bridgehead atoms. The molecule has 0 aromatic heterocycles. The van der Waals surface area contributed by atoms with Gasteiger partial charge in [-0.15, -0.1) is 0 Å². The van der Waals surface area contributed by atoms with Crippen LogP contribution >= 0.6 is 0 Å². The molecule has 0 spiro atoms. The summed E-state index contributed by atoms with van der Waals surface area (Å²) < 4.78 is 0. The molecule has 2 rings (SSSR count). The normalized spacial score (nSPS) is 16.2. The molecule has 1 N–H and O–H groups in total. The molecule has 4 heteroatoms. The fraction of sp³-hybridized carbons (Fsp3) is 0.588. The number of hydrogen-bond acceptors (Lipinski definition) is 3. The van der Waals surface area contributed by atoms with Crippen LogP contribution in [-0.2, 0) is 4.79 Å². The minimum Gasteiger partial charge on any atom is -0.369 e. The van der Waals surface area contributed by atoms with E-state index >= 15 is 0 Å². The summed E-state index contributed by atoms with van der Waals surface area (Å²) in [5, 5.41) is 3.01. The third kappa shape index (κ3) is 5.38. The molecule has 1 amide bonds. The molecular formula is C17H27N3O. The summed E-state index contributed by atoms with van der Waals surface area (Å²) >= 11 is 0. The highest BCUT2D eigenvalue weighted by molar-refractivity contribution is 5.76. The molecule has 1 heterocycles. The average molecular weight is 289 g/mol. The first kappa shape index (κ1) is 15.8. The number of carbonyl (C=O) groups excluding carboxylic acids is 1. The lowest BCUT2D eigenvalue weighted by Crippen LogP contribution is -2.48. The second-order valence-corrected chi connectivity index (χ2v) is 6.11. The minimum absolute atomic E-state index is 0.174. The number of nitrogens with zero attached hydrogens (tertiary/aromatic N) is 2. The maximum atomic E-state index is 11.6. The van der Waals surface area contributed by atoms with Gasteiger partial charge >= 0.3 is 0 Å². The van der Waals surface area contributed by atoms with Crippen LogP contribution in [0.3, 0.4) is 0 Å². The fourth-order valence-electron chi connectivity index (χ4n) is 2.66. The molecule has 4 nitrogen and oxygen atoms in total. The zero-order chi connectivity index (χ0) is 15.1. The topological polar surface area (TPSA) is 35.6 Å². The average Bonchev–Trinajstić information content (AvgIpc) is 2.48. The predicted octanol–water partition coefficient (Wildman–Crippen LogP) is 1.97. The van der Waals surface area contributed by atoms with Crippen molar-refractivity contribution in [2.45, 2.75) is 20.3 Å². The van der Waals surface area contributed by atoms with Gasteiger partial charge in [0.15, 0.2) is 0 Å². The molecule has 0 unspecified atom stereocenters. The predicted molar refractivity (Wildman–Crippen MR) is 87.6 cm³/mol. The first-order chi connectivity index (χ1) is 10.1. The molecule has 1 aliphatic rings. The van der Waals surface area contributed by atoms with Gasteiger partial charge in [0.1, 0.15) is 0 Å². The zero-order valence-corrected chi connectivity index (χ0v) is 13.2. The summed E-state index contributed by atoms with van der Waals surface area (Å²) in [6, 6.07) is 10.6. The second-order valence-electron chi connectivity index (χ2n) is 6.11. The Kier molecular flexibility index (Phi) is 6.05. The summed E-state index contributed by atoms with van der Waals surface area (Å²) in [7, 11) is 0. The molecule has 0 radical (unpaired) electrons. The third-order valence-electron chi connectivity index (χ3n) is 3.84. The van der Waals surface area contributed by atoms with Crippen molar-refractivity contribution in [2.24, 2.45) is 5.92 Å². The highest BCUT2D eigenvalue weighted by atomic mass is 16.1. The molecule has 1 aromatic carbocycles. The Bertz CT molecular complexity index is 425. The van der Waals surface area contributed by atoms with Crippen molar-refractivity contribution >= 4 is 11.6 Å². The van der Waals surface area contributed by atoms with Crippen molar-refractivity contribution in [2.75, 3.05) is 44.2 Å². The van der Waals surface area contributed by atoms with Crippen molar-refractivity contribution in [1.29, 1.82) is 0 Å². The van der Waals surface area contributed by atoms with Crippen LogP contribution in [0.1, 0.15) is 20.3 Å². The lowest BCUT2D eigenvalue weighted by molar-refractivity contribution is -0.121. The SMILES string of the molecule is CC(C)CC(=O)NCCN1CCN(c2ccccc2)CC1. The molecule has 1 aromatic rings. The number of amides is 1. The summed E-state index contributed by atoms with van der Waals surface area (Å²) in [4.78, 5) is 16.4. The number of anilines is 1. The van der Waals surface area contributed by atoms with Gasteiger partial charge < -0.3 is 10.2 Å². The number of nitrogens with one attached hydrogen (secondary N) is 1. The van der Waals surface area contributed by atoms with E-state index in [4.69, 9.17) is 0 Å². The lowest BCUT2D eigenvalue weighted by atomic mass is 10.1. The largest absolute Gasteiger partial charge is 0.369 e. The van der Waals surface area contributed by atoms with E-state index in [9.17, 15) is 4.79 Å². The van der Waals surface area contributed by atoms with Crippen LogP contribution in [0.4, 0.5) is 5.69 Å². The van der Waals surface area contributed by atoms with Crippen LogP contribution in [0, 0.1) is 5.92 Å². The van der Waals surface area contributed by atoms with Gasteiger partial charge in [0.05, 0.1) is 0 Å². The van der Waals surface area contributed by atoms with Crippen LogP contribution < -0.4 is 10.2 Å². The second kappa shape index (κ2) is 8.03. The molecule has 0 saturated carbocycles. The number of carbonyl (C=O) groups is 1. The van der Waals surface area contributed by atoms with Crippen LogP contribution in [0.25, 0.3) is 0 Å². The Morgan fingerprint density at radius 3 is 2.43 bits per heavy atom. The number of piperazine rings is 1. The zero-order valence-electron chi connectivity index (χ0n) is 13.2.